The molecule has 0 unspecified atom stereocenters. The predicted octanol–water partition coefficient (Wildman–Crippen LogP) is 6.51. The van der Waals surface area contributed by atoms with E-state index in [4.69, 9.17) is 10.00 Å². The van der Waals surface area contributed by atoms with E-state index >= 15 is 0 Å². The van der Waals surface area contributed by atoms with Crippen LogP contribution in [0.15, 0.2) is 42.5 Å². The molecule has 5 heteroatoms. The van der Waals surface area contributed by atoms with E-state index in [1.165, 1.54) is 31.4 Å². The molecule has 3 rings (SSSR count). The van der Waals surface area contributed by atoms with E-state index in [-0.39, 0.29) is 16.9 Å². The molecule has 1 saturated carbocycles. The highest BCUT2D eigenvalue weighted by Crippen LogP contribution is 2.38. The predicted molar refractivity (Wildman–Crippen MR) is 97.1 cm³/mol. The molecule has 0 aromatic heterocycles. The van der Waals surface area contributed by atoms with Gasteiger partial charge in [0.05, 0.1) is 11.1 Å². The van der Waals surface area contributed by atoms with Gasteiger partial charge in [-0.15, -0.1) is 0 Å². The Labute approximate surface area is 157 Å². The average molecular weight is 373 g/mol. The Bertz CT molecular complexity index is 818. The number of alkyl halides is 2. The van der Waals surface area contributed by atoms with Crippen molar-refractivity contribution in [2.75, 3.05) is 0 Å². The first-order chi connectivity index (χ1) is 12.9. The van der Waals surface area contributed by atoms with Crippen LogP contribution in [0, 0.1) is 23.1 Å². The molecule has 0 saturated heterocycles. The van der Waals surface area contributed by atoms with Gasteiger partial charge >= 0.3 is 6.11 Å². The summed E-state index contributed by atoms with van der Waals surface area (Å²) in [4.78, 5) is 0. The largest absolute Gasteiger partial charge is 0.429 e. The molecule has 1 aliphatic carbocycles. The van der Waals surface area contributed by atoms with Crippen LogP contribution in [0.2, 0.25) is 0 Å². The summed E-state index contributed by atoms with van der Waals surface area (Å²) in [6.45, 7) is 2.21. The smallest absolute Gasteiger partial charge is 0.426 e. The molecule has 0 radical (unpaired) electrons. The quantitative estimate of drug-likeness (QED) is 0.598. The Balaban J connectivity index is 1.70. The van der Waals surface area contributed by atoms with Crippen LogP contribution in [0.25, 0.3) is 0 Å². The summed E-state index contributed by atoms with van der Waals surface area (Å²) in [5.41, 5.74) is 0.583. The summed E-state index contributed by atoms with van der Waals surface area (Å²) in [6.07, 6.45) is 2.17. The highest BCUT2D eigenvalue weighted by molar-refractivity contribution is 5.37. The van der Waals surface area contributed by atoms with Crippen LogP contribution < -0.4 is 4.74 Å². The lowest BCUT2D eigenvalue weighted by molar-refractivity contribution is -0.185. The number of nitrogens with zero attached hydrogens (tertiary/aromatic N) is 1. The Kier molecular flexibility index (Phi) is 5.74. The van der Waals surface area contributed by atoms with Crippen molar-refractivity contribution in [2.24, 2.45) is 5.92 Å². The maximum Gasteiger partial charge on any atom is 0.426 e. The standard InChI is InChI=1S/C22H22F3NO/c1-2-15-3-5-16(6-4-15)17-7-10-19(11-8-17)22(24,25)27-20-12-9-18(14-26)21(23)13-20/h7-13,15-16H,2-6H2,1H3/t15-,16-. The molecule has 0 spiro atoms. The minimum Gasteiger partial charge on any atom is -0.429 e. The minimum atomic E-state index is -3.58. The first-order valence-electron chi connectivity index (χ1n) is 9.30. The van der Waals surface area contributed by atoms with Gasteiger partial charge in [-0.05, 0) is 67.3 Å². The summed E-state index contributed by atoms with van der Waals surface area (Å²) in [5.74, 6) is -0.00243. The third kappa shape index (κ3) is 4.44. The van der Waals surface area contributed by atoms with Crippen molar-refractivity contribution in [1.29, 1.82) is 5.26 Å². The van der Waals surface area contributed by atoms with Gasteiger partial charge in [-0.1, -0.05) is 25.5 Å². The summed E-state index contributed by atoms with van der Waals surface area (Å²) < 4.78 is 47.1. The van der Waals surface area contributed by atoms with Crippen LogP contribution in [0.4, 0.5) is 13.2 Å². The van der Waals surface area contributed by atoms with E-state index in [1.54, 1.807) is 18.2 Å². The van der Waals surface area contributed by atoms with Gasteiger partial charge in [-0.3, -0.25) is 0 Å². The van der Waals surface area contributed by atoms with Gasteiger partial charge in [0, 0.05) is 6.07 Å². The number of hydrogen-bond donors (Lipinski definition) is 0. The minimum absolute atomic E-state index is 0.215. The zero-order chi connectivity index (χ0) is 19.4. The number of benzene rings is 2. The molecule has 0 atom stereocenters. The molecule has 2 aromatic carbocycles. The maximum atomic E-state index is 14.4. The fraction of sp³-hybridized carbons (Fsp3) is 0.409. The fourth-order valence-electron chi connectivity index (χ4n) is 3.71. The number of rotatable bonds is 5. The Morgan fingerprint density at radius 3 is 2.30 bits per heavy atom. The zero-order valence-corrected chi connectivity index (χ0v) is 15.2. The van der Waals surface area contributed by atoms with Crippen molar-refractivity contribution in [3.63, 3.8) is 0 Å². The van der Waals surface area contributed by atoms with E-state index < -0.39 is 11.9 Å². The van der Waals surface area contributed by atoms with Crippen LogP contribution >= 0.6 is 0 Å². The highest BCUT2D eigenvalue weighted by atomic mass is 19.3. The first-order valence-corrected chi connectivity index (χ1v) is 9.30. The topological polar surface area (TPSA) is 33.0 Å². The Morgan fingerprint density at radius 2 is 1.74 bits per heavy atom. The second-order valence-corrected chi connectivity index (χ2v) is 7.12. The third-order valence-corrected chi connectivity index (χ3v) is 5.45. The van der Waals surface area contributed by atoms with Gasteiger partial charge < -0.3 is 4.74 Å². The van der Waals surface area contributed by atoms with Gasteiger partial charge in [-0.25, -0.2) is 4.39 Å². The van der Waals surface area contributed by atoms with E-state index in [0.29, 0.717) is 5.92 Å². The summed E-state index contributed by atoms with van der Waals surface area (Å²) in [7, 11) is 0. The highest BCUT2D eigenvalue weighted by Gasteiger charge is 2.35. The van der Waals surface area contributed by atoms with Crippen LogP contribution in [0.1, 0.15) is 61.6 Å². The van der Waals surface area contributed by atoms with Gasteiger partial charge in [0.2, 0.25) is 0 Å². The fourth-order valence-corrected chi connectivity index (χ4v) is 3.71. The molecule has 0 heterocycles. The molecular weight excluding hydrogens is 351 g/mol. The van der Waals surface area contributed by atoms with E-state index in [9.17, 15) is 13.2 Å². The molecule has 0 amide bonds. The van der Waals surface area contributed by atoms with Crippen LogP contribution in [-0.4, -0.2) is 0 Å². The van der Waals surface area contributed by atoms with E-state index in [1.807, 2.05) is 0 Å². The molecule has 0 aliphatic heterocycles. The van der Waals surface area contributed by atoms with Gasteiger partial charge in [-0.2, -0.15) is 14.0 Å². The molecule has 2 aromatic rings. The molecule has 1 fully saturated rings. The maximum absolute atomic E-state index is 14.4. The molecular formula is C22H22F3NO. The third-order valence-electron chi connectivity index (χ3n) is 5.45. The monoisotopic (exact) mass is 373 g/mol. The van der Waals surface area contributed by atoms with Crippen LogP contribution in [-0.2, 0) is 6.11 Å². The SMILES string of the molecule is CC[C@H]1CC[C@H](c2ccc(C(F)(F)Oc3ccc(C#N)c(F)c3)cc2)CC1. The summed E-state index contributed by atoms with van der Waals surface area (Å²) in [5, 5.41) is 8.70. The Hall–Kier alpha value is -2.48. The average Bonchev–Trinajstić information content (AvgIpc) is 2.68. The zero-order valence-electron chi connectivity index (χ0n) is 15.2. The normalized spacial score (nSPS) is 20.1. The second kappa shape index (κ2) is 8.04. The number of halogens is 3. The Morgan fingerprint density at radius 1 is 1.07 bits per heavy atom. The number of ether oxygens (including phenoxy) is 1. The van der Waals surface area contributed by atoms with Crippen LogP contribution in [0.5, 0.6) is 5.75 Å². The molecule has 142 valence electrons. The van der Waals surface area contributed by atoms with Crippen molar-refractivity contribution in [2.45, 2.75) is 51.1 Å². The molecule has 1 aliphatic rings. The first kappa shape index (κ1) is 19.3. The summed E-state index contributed by atoms with van der Waals surface area (Å²) >= 11 is 0. The van der Waals surface area contributed by atoms with E-state index in [0.717, 1.165) is 42.5 Å². The van der Waals surface area contributed by atoms with Crippen molar-refractivity contribution in [1.82, 2.24) is 0 Å². The number of hydrogen-bond acceptors (Lipinski definition) is 2. The van der Waals surface area contributed by atoms with Gasteiger partial charge in [0.1, 0.15) is 17.6 Å². The lowest BCUT2D eigenvalue weighted by atomic mass is 9.78. The van der Waals surface area contributed by atoms with Gasteiger partial charge in [0.15, 0.2) is 0 Å². The van der Waals surface area contributed by atoms with Crippen LogP contribution in [0.3, 0.4) is 0 Å². The lowest BCUT2D eigenvalue weighted by Crippen LogP contribution is -2.22. The van der Waals surface area contributed by atoms with Crippen molar-refractivity contribution in [3.05, 3.63) is 65.0 Å². The summed E-state index contributed by atoms with van der Waals surface area (Å²) in [6, 6.07) is 11.0. The van der Waals surface area contributed by atoms with Crippen molar-refractivity contribution in [3.8, 4) is 11.8 Å². The number of nitriles is 1. The molecule has 2 nitrogen and oxygen atoms in total. The molecule has 0 N–H and O–H groups in total. The van der Waals surface area contributed by atoms with E-state index in [2.05, 4.69) is 6.92 Å². The second-order valence-electron chi connectivity index (χ2n) is 7.12. The molecule has 27 heavy (non-hydrogen) atoms. The van der Waals surface area contributed by atoms with Crippen molar-refractivity contribution < 1.29 is 17.9 Å². The van der Waals surface area contributed by atoms with Gasteiger partial charge in [0.25, 0.3) is 0 Å². The molecule has 0 bridgehead atoms. The van der Waals surface area contributed by atoms with Crippen molar-refractivity contribution >= 4 is 0 Å². The lowest BCUT2D eigenvalue weighted by Gasteiger charge is -2.28.